The molecule has 1 amide bonds. The van der Waals surface area contributed by atoms with Crippen LogP contribution in [0, 0.1) is 0 Å². The molecule has 0 bridgehead atoms. The second kappa shape index (κ2) is 9.22. The number of nitrogens with zero attached hydrogens (tertiary/aromatic N) is 3. The van der Waals surface area contributed by atoms with E-state index >= 15 is 0 Å². The van der Waals surface area contributed by atoms with Gasteiger partial charge in [-0.1, -0.05) is 36.4 Å². The van der Waals surface area contributed by atoms with Gasteiger partial charge in [0.15, 0.2) is 0 Å². The molecule has 35 heavy (non-hydrogen) atoms. The second-order valence-corrected chi connectivity index (χ2v) is 12.2. The molecule has 2 heterocycles. The number of sulfonamides is 1. The van der Waals surface area contributed by atoms with Gasteiger partial charge in [-0.2, -0.15) is 0 Å². The highest BCUT2D eigenvalue weighted by Gasteiger charge is 2.57. The molecule has 8 heteroatoms. The maximum atomic E-state index is 14.0. The van der Waals surface area contributed by atoms with Crippen LogP contribution in [0.1, 0.15) is 54.5 Å². The van der Waals surface area contributed by atoms with Crippen molar-refractivity contribution >= 4 is 15.9 Å². The first-order valence-corrected chi connectivity index (χ1v) is 14.3. The molecule has 1 atom stereocenters. The predicted octanol–water partition coefficient (Wildman–Crippen LogP) is 3.38. The summed E-state index contributed by atoms with van der Waals surface area (Å²) in [5.74, 6) is 1.61. The van der Waals surface area contributed by atoms with Gasteiger partial charge in [0.2, 0.25) is 15.9 Å². The Kier molecular flexibility index (Phi) is 6.40. The lowest BCUT2D eigenvalue weighted by molar-refractivity contribution is -0.135. The molecule has 1 unspecified atom stereocenters. The fraction of sp³-hybridized carbons (Fsp3) is 0.519. The molecule has 0 aromatic heterocycles. The number of hydrogen-bond acceptors (Lipinski definition) is 5. The number of carbonyl (C=O) groups excluding carboxylic acids is 1. The van der Waals surface area contributed by atoms with E-state index in [2.05, 4.69) is 29.2 Å². The molecule has 7 nitrogen and oxygen atoms in total. The van der Waals surface area contributed by atoms with Crippen LogP contribution in [0.2, 0.25) is 0 Å². The van der Waals surface area contributed by atoms with Crippen LogP contribution in [0.5, 0.6) is 5.75 Å². The van der Waals surface area contributed by atoms with Crippen molar-refractivity contribution in [3.05, 3.63) is 65.2 Å². The van der Waals surface area contributed by atoms with Gasteiger partial charge in [0.1, 0.15) is 17.5 Å². The quantitative estimate of drug-likeness (QED) is 0.587. The molecule has 2 saturated heterocycles. The molecule has 188 valence electrons. The lowest BCUT2D eigenvalue weighted by Gasteiger charge is -2.41. The summed E-state index contributed by atoms with van der Waals surface area (Å²) >= 11 is 0. The van der Waals surface area contributed by atoms with E-state index in [0.29, 0.717) is 38.4 Å². The number of carbonyl (C=O) groups is 1. The minimum atomic E-state index is -3.27. The van der Waals surface area contributed by atoms with Crippen LogP contribution < -0.4 is 4.74 Å². The Morgan fingerprint density at radius 2 is 1.57 bits per heavy atom. The fourth-order valence-electron chi connectivity index (χ4n) is 5.75. The molecule has 3 fully saturated rings. The molecule has 0 N–H and O–H groups in total. The Hall–Kier alpha value is -2.42. The van der Waals surface area contributed by atoms with Gasteiger partial charge in [-0.3, -0.25) is 9.69 Å². The van der Waals surface area contributed by atoms with Crippen LogP contribution in [0.3, 0.4) is 0 Å². The van der Waals surface area contributed by atoms with Crippen LogP contribution in [0.15, 0.2) is 48.5 Å². The Balaban J connectivity index is 1.42. The number of likely N-dealkylation sites (N-methyl/N-ethyl adjacent to an activating group) is 1. The van der Waals surface area contributed by atoms with E-state index in [9.17, 15) is 13.2 Å². The molecular weight excluding hydrogens is 462 g/mol. The zero-order valence-corrected chi connectivity index (χ0v) is 21.6. The lowest BCUT2D eigenvalue weighted by Crippen LogP contribution is -2.56. The second-order valence-electron chi connectivity index (χ2n) is 10.2. The summed E-state index contributed by atoms with van der Waals surface area (Å²) in [7, 11) is 0.417. The first-order chi connectivity index (χ1) is 16.7. The monoisotopic (exact) mass is 497 g/mol. The zero-order valence-electron chi connectivity index (χ0n) is 20.8. The Morgan fingerprint density at radius 3 is 2.11 bits per heavy atom. The summed E-state index contributed by atoms with van der Waals surface area (Å²) in [4.78, 5) is 18.2. The number of ether oxygens (including phenoxy) is 1. The normalized spacial score (nSPS) is 23.2. The molecule has 1 saturated carbocycles. The predicted molar refractivity (Wildman–Crippen MR) is 136 cm³/mol. The van der Waals surface area contributed by atoms with Gasteiger partial charge in [-0.25, -0.2) is 12.7 Å². The Morgan fingerprint density at radius 1 is 0.971 bits per heavy atom. The third kappa shape index (κ3) is 4.59. The molecule has 2 aliphatic heterocycles. The smallest absolute Gasteiger partial charge is 0.244 e. The van der Waals surface area contributed by atoms with Gasteiger partial charge >= 0.3 is 0 Å². The summed E-state index contributed by atoms with van der Waals surface area (Å²) in [6.07, 6.45) is 5.35. The highest BCUT2D eigenvalue weighted by atomic mass is 32.2. The summed E-state index contributed by atoms with van der Waals surface area (Å²) in [6.45, 7) is 1.34. The number of benzene rings is 2. The Labute approximate surface area is 208 Å². The minimum Gasteiger partial charge on any atom is -0.497 e. The average Bonchev–Trinajstić information content (AvgIpc) is 3.69. The third-order valence-electron chi connectivity index (χ3n) is 8.10. The van der Waals surface area contributed by atoms with Crippen molar-refractivity contribution < 1.29 is 17.9 Å². The number of amides is 1. The largest absolute Gasteiger partial charge is 0.497 e. The molecule has 0 radical (unpaired) electrons. The molecular formula is C27H35N3O4S. The standard InChI is InChI=1S/C27H35N3O4S/c1-28-25(23-10-8-22(9-11-23)21-6-7-21)30(17-14-20-4-12-24(34-2)13-5-20)26(31)27(28)15-18-29(19-16-27)35(3,32)33/h4-5,8-13,21,25H,6-7,14-19H2,1-3H3. The summed E-state index contributed by atoms with van der Waals surface area (Å²) in [5, 5.41) is 0. The first-order valence-electron chi connectivity index (χ1n) is 12.4. The number of rotatable bonds is 7. The third-order valence-corrected chi connectivity index (χ3v) is 9.40. The summed E-state index contributed by atoms with van der Waals surface area (Å²) in [5.41, 5.74) is 2.96. The van der Waals surface area contributed by atoms with E-state index in [0.717, 1.165) is 23.3 Å². The van der Waals surface area contributed by atoms with Crippen molar-refractivity contribution in [1.82, 2.24) is 14.1 Å². The average molecular weight is 498 g/mol. The highest BCUT2D eigenvalue weighted by Crippen LogP contribution is 2.46. The van der Waals surface area contributed by atoms with Crippen molar-refractivity contribution in [2.45, 2.75) is 49.7 Å². The van der Waals surface area contributed by atoms with E-state index in [1.54, 1.807) is 7.11 Å². The molecule has 1 spiro atoms. The number of hydrogen-bond donors (Lipinski definition) is 0. The van der Waals surface area contributed by atoms with Gasteiger partial charge in [0, 0.05) is 19.6 Å². The van der Waals surface area contributed by atoms with Crippen molar-refractivity contribution in [3.8, 4) is 5.75 Å². The van der Waals surface area contributed by atoms with Crippen LogP contribution >= 0.6 is 0 Å². The SMILES string of the molecule is COc1ccc(CCN2C(=O)C3(CCN(S(C)(=O)=O)CC3)N(C)C2c2ccc(C3CC3)cc2)cc1. The van der Waals surface area contributed by atoms with Crippen LogP contribution in [0.25, 0.3) is 0 Å². The number of piperidine rings is 1. The Bertz CT molecular complexity index is 1170. The zero-order chi connectivity index (χ0) is 24.8. The first kappa shape index (κ1) is 24.3. The van der Waals surface area contributed by atoms with Gasteiger partial charge in [-0.15, -0.1) is 0 Å². The maximum absolute atomic E-state index is 14.0. The van der Waals surface area contributed by atoms with Crippen LogP contribution in [-0.4, -0.2) is 74.0 Å². The molecule has 5 rings (SSSR count). The lowest BCUT2D eigenvalue weighted by atomic mass is 9.87. The molecule has 2 aromatic rings. The van der Waals surface area contributed by atoms with Gasteiger partial charge in [0.25, 0.3) is 0 Å². The van der Waals surface area contributed by atoms with Crippen LogP contribution in [-0.2, 0) is 21.2 Å². The van der Waals surface area contributed by atoms with Crippen molar-refractivity contribution in [3.63, 3.8) is 0 Å². The highest BCUT2D eigenvalue weighted by molar-refractivity contribution is 7.88. The van der Waals surface area contributed by atoms with Crippen LogP contribution in [0.4, 0.5) is 0 Å². The van der Waals surface area contributed by atoms with Crippen molar-refractivity contribution in [2.75, 3.05) is 40.0 Å². The maximum Gasteiger partial charge on any atom is 0.244 e. The molecule has 1 aliphatic carbocycles. The van der Waals surface area contributed by atoms with Crippen molar-refractivity contribution in [1.29, 1.82) is 0 Å². The van der Waals surface area contributed by atoms with Crippen molar-refractivity contribution in [2.24, 2.45) is 0 Å². The van der Waals surface area contributed by atoms with Gasteiger partial charge in [-0.05, 0) is 73.9 Å². The van der Waals surface area contributed by atoms with E-state index in [1.165, 1.54) is 29.0 Å². The fourth-order valence-corrected chi connectivity index (χ4v) is 6.60. The minimum absolute atomic E-state index is 0.109. The van der Waals surface area contributed by atoms with E-state index in [1.807, 2.05) is 36.2 Å². The van der Waals surface area contributed by atoms with Gasteiger partial charge < -0.3 is 9.64 Å². The topological polar surface area (TPSA) is 70.2 Å². The van der Waals surface area contributed by atoms with E-state index in [4.69, 9.17) is 4.74 Å². The molecule has 2 aromatic carbocycles. The summed E-state index contributed by atoms with van der Waals surface area (Å²) in [6, 6.07) is 16.8. The number of methoxy groups -OCH3 is 1. The van der Waals surface area contributed by atoms with E-state index in [-0.39, 0.29) is 12.1 Å². The molecule has 3 aliphatic rings. The van der Waals surface area contributed by atoms with E-state index < -0.39 is 15.6 Å². The summed E-state index contributed by atoms with van der Waals surface area (Å²) < 4.78 is 31.0. The van der Waals surface area contributed by atoms with Gasteiger partial charge in [0.05, 0.1) is 13.4 Å².